The minimum atomic E-state index is -0.399. The number of benzene rings is 2. The topological polar surface area (TPSA) is 95.4 Å². The van der Waals surface area contributed by atoms with Crippen LogP contribution in [0.4, 0.5) is 17.2 Å². The number of nitrogens with zero attached hydrogens (tertiary/aromatic N) is 5. The number of aromatic nitrogens is 3. The predicted octanol–water partition coefficient (Wildman–Crippen LogP) is 6.80. The van der Waals surface area contributed by atoms with Gasteiger partial charge in [-0.25, -0.2) is 4.98 Å². The first-order valence-corrected chi connectivity index (χ1v) is 17.0. The quantitative estimate of drug-likeness (QED) is 0.183. The number of aryl methyl sites for hydroxylation is 1. The number of amides is 1. The van der Waals surface area contributed by atoms with Crippen LogP contribution in [0.5, 0.6) is 0 Å². The Morgan fingerprint density at radius 3 is 2.10 bits per heavy atom. The number of rotatable bonds is 9. The van der Waals surface area contributed by atoms with Crippen molar-refractivity contribution >= 4 is 34.0 Å². The highest BCUT2D eigenvalue weighted by Crippen LogP contribution is 2.35. The maximum atomic E-state index is 13.6. The molecule has 0 aliphatic carbocycles. The van der Waals surface area contributed by atoms with Crippen LogP contribution in [0, 0.1) is 13.8 Å². The van der Waals surface area contributed by atoms with Crippen molar-refractivity contribution in [3.05, 3.63) is 111 Å². The first-order valence-electron chi connectivity index (χ1n) is 17.0. The van der Waals surface area contributed by atoms with Crippen LogP contribution >= 0.6 is 0 Å². The van der Waals surface area contributed by atoms with E-state index in [0.29, 0.717) is 11.5 Å². The van der Waals surface area contributed by atoms with Gasteiger partial charge in [-0.2, -0.15) is 0 Å². The van der Waals surface area contributed by atoms with Crippen LogP contribution in [0.1, 0.15) is 58.3 Å². The summed E-state index contributed by atoms with van der Waals surface area (Å²) in [5.41, 5.74) is 8.49. The van der Waals surface area contributed by atoms with Gasteiger partial charge >= 0.3 is 0 Å². The van der Waals surface area contributed by atoms with E-state index in [1.54, 1.807) is 13.1 Å². The molecule has 2 N–H and O–H groups in total. The van der Waals surface area contributed by atoms with E-state index in [1.165, 1.54) is 35.8 Å². The molecule has 9 nitrogen and oxygen atoms in total. The first-order chi connectivity index (χ1) is 23.3. The molecule has 0 spiro atoms. The van der Waals surface area contributed by atoms with Gasteiger partial charge in [-0.1, -0.05) is 24.3 Å². The van der Waals surface area contributed by atoms with Crippen molar-refractivity contribution in [1.29, 1.82) is 0 Å². The number of fused-ring (bicyclic) bond motifs is 1. The number of pyridine rings is 3. The molecule has 9 heteroatoms. The Hall–Kier alpha value is -4.86. The Bertz CT molecular complexity index is 2040. The average Bonchev–Trinajstić information content (AvgIpc) is 3.80. The minimum Gasteiger partial charge on any atom is -0.338 e. The fourth-order valence-electron chi connectivity index (χ4n) is 7.16. The van der Waals surface area contributed by atoms with Gasteiger partial charge in [0, 0.05) is 55.5 Å². The summed E-state index contributed by atoms with van der Waals surface area (Å²) < 4.78 is 1.51. The van der Waals surface area contributed by atoms with Gasteiger partial charge in [0.25, 0.3) is 11.5 Å². The minimum absolute atomic E-state index is 0.153. The molecule has 2 aliphatic heterocycles. The van der Waals surface area contributed by atoms with Gasteiger partial charge in [-0.3, -0.25) is 24.4 Å². The second-order valence-electron chi connectivity index (χ2n) is 13.3. The largest absolute Gasteiger partial charge is 0.338 e. The number of carbonyl (C=O) groups is 1. The molecular weight excluding hydrogens is 598 g/mol. The van der Waals surface area contributed by atoms with E-state index >= 15 is 0 Å². The Morgan fingerprint density at radius 2 is 1.42 bits per heavy atom. The van der Waals surface area contributed by atoms with E-state index in [-0.39, 0.29) is 11.1 Å². The van der Waals surface area contributed by atoms with E-state index in [9.17, 15) is 9.59 Å². The van der Waals surface area contributed by atoms with Gasteiger partial charge in [0.2, 0.25) is 0 Å². The molecular formula is C39H43N7O2. The standard InChI is InChI=1S/C39H43N7O2/c1-26-31(10-8-12-34(26)42-37-36-30(14-15-40-37)20-28(22-41-36)24-45-16-4-5-17-45)32-11-9-13-35(27(32)2)43-38(47)33-21-29(23-44(3)39(33)48)25-46-18-6-7-19-46/h8-15,20-23H,4-7,16-19,24-25H2,1-3H3,(H,40,42)(H,43,47). The van der Waals surface area contributed by atoms with Gasteiger partial charge < -0.3 is 15.2 Å². The molecule has 0 atom stereocenters. The summed E-state index contributed by atoms with van der Waals surface area (Å²) in [5, 5.41) is 7.66. The predicted molar refractivity (Wildman–Crippen MR) is 193 cm³/mol. The molecule has 2 fully saturated rings. The Labute approximate surface area is 281 Å². The third-order valence-corrected chi connectivity index (χ3v) is 9.81. The van der Waals surface area contributed by atoms with Crippen LogP contribution in [0.25, 0.3) is 22.0 Å². The molecule has 246 valence electrons. The summed E-state index contributed by atoms with van der Waals surface area (Å²) in [6.07, 6.45) is 10.5. The lowest BCUT2D eigenvalue weighted by molar-refractivity contribution is 0.102. The Balaban J connectivity index is 1.13. The highest BCUT2D eigenvalue weighted by atomic mass is 16.2. The van der Waals surface area contributed by atoms with Crippen molar-refractivity contribution in [3.63, 3.8) is 0 Å². The highest BCUT2D eigenvalue weighted by molar-refractivity contribution is 6.05. The van der Waals surface area contributed by atoms with Crippen molar-refractivity contribution in [2.75, 3.05) is 36.8 Å². The number of nitrogens with one attached hydrogen (secondary N) is 2. The van der Waals surface area contributed by atoms with Crippen LogP contribution in [0.2, 0.25) is 0 Å². The fourth-order valence-corrected chi connectivity index (χ4v) is 7.16. The second-order valence-corrected chi connectivity index (χ2v) is 13.3. The normalized spacial score (nSPS) is 15.3. The van der Waals surface area contributed by atoms with Gasteiger partial charge in [0.05, 0.1) is 0 Å². The van der Waals surface area contributed by atoms with Gasteiger partial charge in [-0.15, -0.1) is 0 Å². The summed E-state index contributed by atoms with van der Waals surface area (Å²) in [6.45, 7) is 10.1. The monoisotopic (exact) mass is 641 g/mol. The molecule has 48 heavy (non-hydrogen) atoms. The number of hydrogen-bond acceptors (Lipinski definition) is 7. The van der Waals surface area contributed by atoms with E-state index < -0.39 is 5.91 Å². The molecule has 2 aromatic carbocycles. The van der Waals surface area contributed by atoms with Crippen molar-refractivity contribution in [2.45, 2.75) is 52.6 Å². The number of hydrogen-bond donors (Lipinski definition) is 2. The first kappa shape index (κ1) is 31.7. The van der Waals surface area contributed by atoms with E-state index in [2.05, 4.69) is 50.5 Å². The molecule has 5 heterocycles. The highest BCUT2D eigenvalue weighted by Gasteiger charge is 2.19. The molecule has 3 aromatic heterocycles. The third kappa shape index (κ3) is 6.61. The Morgan fingerprint density at radius 1 is 0.792 bits per heavy atom. The lowest BCUT2D eigenvalue weighted by atomic mass is 9.94. The molecule has 0 saturated carbocycles. The van der Waals surface area contributed by atoms with E-state index in [1.807, 2.05) is 55.8 Å². The Kier molecular flexibility index (Phi) is 9.06. The van der Waals surface area contributed by atoms with Crippen molar-refractivity contribution < 1.29 is 4.79 Å². The number of carbonyl (C=O) groups excluding carboxylic acids is 1. The van der Waals surface area contributed by atoms with Crippen LogP contribution < -0.4 is 16.2 Å². The molecule has 5 aromatic rings. The zero-order chi connectivity index (χ0) is 33.2. The summed E-state index contributed by atoms with van der Waals surface area (Å²) in [4.78, 5) is 40.9. The van der Waals surface area contributed by atoms with Crippen LogP contribution in [0.3, 0.4) is 0 Å². The van der Waals surface area contributed by atoms with E-state index in [0.717, 1.165) is 83.7 Å². The molecule has 1 amide bonds. The van der Waals surface area contributed by atoms with Gasteiger partial charge in [0.15, 0.2) is 5.82 Å². The van der Waals surface area contributed by atoms with Gasteiger partial charge in [-0.05, 0) is 129 Å². The molecule has 2 saturated heterocycles. The maximum Gasteiger partial charge on any atom is 0.263 e. The second kappa shape index (κ2) is 13.7. The lowest BCUT2D eigenvalue weighted by Crippen LogP contribution is -2.29. The summed E-state index contributed by atoms with van der Waals surface area (Å²) >= 11 is 0. The summed E-state index contributed by atoms with van der Waals surface area (Å²) in [6, 6.07) is 18.0. The smallest absolute Gasteiger partial charge is 0.263 e. The molecule has 7 rings (SSSR count). The van der Waals surface area contributed by atoms with Crippen molar-refractivity contribution in [3.8, 4) is 11.1 Å². The molecule has 0 unspecified atom stereocenters. The molecule has 2 aliphatic rings. The number of likely N-dealkylation sites (tertiary alicyclic amines) is 2. The van der Waals surface area contributed by atoms with Crippen LogP contribution in [-0.2, 0) is 20.1 Å². The molecule has 0 radical (unpaired) electrons. The zero-order valence-corrected chi connectivity index (χ0v) is 28.1. The third-order valence-electron chi connectivity index (χ3n) is 9.81. The zero-order valence-electron chi connectivity index (χ0n) is 28.1. The van der Waals surface area contributed by atoms with Gasteiger partial charge in [0.1, 0.15) is 11.1 Å². The van der Waals surface area contributed by atoms with Crippen LogP contribution in [-0.4, -0.2) is 56.4 Å². The van der Waals surface area contributed by atoms with Crippen molar-refractivity contribution in [2.24, 2.45) is 7.05 Å². The SMILES string of the molecule is Cc1c(NC(=O)c2cc(CN3CCCC3)cn(C)c2=O)cccc1-c1cccc(Nc2nccc3cc(CN4CCCC4)cnc23)c1C. The van der Waals surface area contributed by atoms with E-state index in [4.69, 9.17) is 4.98 Å². The van der Waals surface area contributed by atoms with Crippen molar-refractivity contribution in [1.82, 2.24) is 24.3 Å². The summed E-state index contributed by atoms with van der Waals surface area (Å²) in [7, 11) is 1.71. The summed E-state index contributed by atoms with van der Waals surface area (Å²) in [5.74, 6) is 0.316. The number of anilines is 3. The molecule has 0 bridgehead atoms. The fraction of sp³-hybridized carbons (Fsp3) is 0.333. The van der Waals surface area contributed by atoms with Crippen LogP contribution in [0.15, 0.2) is 78.0 Å². The lowest BCUT2D eigenvalue weighted by Gasteiger charge is -2.18. The average molecular weight is 642 g/mol. The maximum absolute atomic E-state index is 13.6.